The molecule has 4 rings (SSSR count). The number of hydrogen-bond donors (Lipinski definition) is 0. The van der Waals surface area contributed by atoms with E-state index in [2.05, 4.69) is 45.0 Å². The van der Waals surface area contributed by atoms with Crippen LogP contribution in [0.1, 0.15) is 31.2 Å². The van der Waals surface area contributed by atoms with Crippen LogP contribution in [0.25, 0.3) is 0 Å². The molecule has 3 heterocycles. The molecule has 2 bridgehead atoms. The number of hydrogen-bond acceptors (Lipinski definition) is 3. The van der Waals surface area contributed by atoms with Gasteiger partial charge in [-0.25, -0.2) is 0 Å². The number of fused-ring (bicyclic) bond motifs is 2. The van der Waals surface area contributed by atoms with Crippen molar-refractivity contribution >= 4 is 0 Å². The van der Waals surface area contributed by atoms with E-state index >= 15 is 0 Å². The van der Waals surface area contributed by atoms with Gasteiger partial charge in [-0.15, -0.1) is 0 Å². The summed E-state index contributed by atoms with van der Waals surface area (Å²) in [5.74, 6) is 0. The molecule has 0 N–H and O–H groups in total. The molecule has 2 atom stereocenters. The molecule has 0 amide bonds. The van der Waals surface area contributed by atoms with Crippen molar-refractivity contribution in [2.75, 3.05) is 39.3 Å². The van der Waals surface area contributed by atoms with Crippen LogP contribution < -0.4 is 0 Å². The van der Waals surface area contributed by atoms with Crippen LogP contribution in [-0.4, -0.2) is 66.1 Å². The van der Waals surface area contributed by atoms with Crippen LogP contribution in [0.3, 0.4) is 0 Å². The van der Waals surface area contributed by atoms with Gasteiger partial charge in [-0.3, -0.25) is 9.80 Å². The minimum atomic E-state index is 0.803. The van der Waals surface area contributed by atoms with Crippen molar-refractivity contribution in [2.45, 2.75) is 44.3 Å². The average Bonchev–Trinajstić information content (AvgIpc) is 3.25. The molecule has 0 radical (unpaired) electrons. The smallest absolute Gasteiger partial charge is 0.0242 e. The lowest BCUT2D eigenvalue weighted by Gasteiger charge is -2.34. The normalized spacial score (nSPS) is 29.6. The maximum Gasteiger partial charge on any atom is 0.0242 e. The van der Waals surface area contributed by atoms with Crippen molar-refractivity contribution < 1.29 is 0 Å². The van der Waals surface area contributed by atoms with Crippen molar-refractivity contribution in [2.24, 2.45) is 0 Å². The standard InChI is InChI=1S/C19H29N3/c1-2-7-17(8-3-1)14-22-16-18-13-19(22)15-21(18)12-6-11-20-9-4-5-10-20/h1-3,7-8,18-19H,4-6,9-16H2/t18-,19-/m0/s1. The first kappa shape index (κ1) is 14.7. The lowest BCUT2D eigenvalue weighted by atomic mass is 10.2. The fraction of sp³-hybridized carbons (Fsp3) is 0.684. The van der Waals surface area contributed by atoms with E-state index in [1.165, 1.54) is 70.5 Å². The van der Waals surface area contributed by atoms with Gasteiger partial charge >= 0.3 is 0 Å². The predicted molar refractivity (Wildman–Crippen MR) is 90.9 cm³/mol. The van der Waals surface area contributed by atoms with E-state index in [0.717, 1.165) is 18.6 Å². The molecule has 0 aliphatic carbocycles. The van der Waals surface area contributed by atoms with Gasteiger partial charge in [-0.1, -0.05) is 30.3 Å². The first-order chi connectivity index (χ1) is 10.9. The lowest BCUT2D eigenvalue weighted by Crippen LogP contribution is -2.46. The molecule has 1 aromatic carbocycles. The molecule has 120 valence electrons. The molecule has 3 heteroatoms. The Morgan fingerprint density at radius 3 is 2.32 bits per heavy atom. The Labute approximate surface area is 134 Å². The van der Waals surface area contributed by atoms with Crippen LogP contribution in [0.2, 0.25) is 0 Å². The highest BCUT2D eigenvalue weighted by atomic mass is 15.3. The molecule has 3 fully saturated rings. The fourth-order valence-electron chi connectivity index (χ4n) is 4.62. The first-order valence-electron chi connectivity index (χ1n) is 9.13. The second-order valence-corrected chi connectivity index (χ2v) is 7.36. The first-order valence-corrected chi connectivity index (χ1v) is 9.13. The Hall–Kier alpha value is -0.900. The number of rotatable bonds is 6. The Balaban J connectivity index is 1.22. The number of benzene rings is 1. The van der Waals surface area contributed by atoms with Crippen LogP contribution in [0, 0.1) is 0 Å². The zero-order valence-corrected chi connectivity index (χ0v) is 13.7. The highest BCUT2D eigenvalue weighted by Crippen LogP contribution is 2.31. The van der Waals surface area contributed by atoms with E-state index in [0.29, 0.717) is 0 Å². The summed E-state index contributed by atoms with van der Waals surface area (Å²) >= 11 is 0. The molecule has 0 aromatic heterocycles. The fourth-order valence-corrected chi connectivity index (χ4v) is 4.62. The third-order valence-electron chi connectivity index (χ3n) is 5.81. The molecule has 0 spiro atoms. The Bertz CT molecular complexity index is 469. The van der Waals surface area contributed by atoms with Gasteiger partial charge in [0.05, 0.1) is 0 Å². The van der Waals surface area contributed by atoms with Crippen LogP contribution >= 0.6 is 0 Å². The minimum absolute atomic E-state index is 0.803. The second kappa shape index (κ2) is 6.69. The van der Waals surface area contributed by atoms with Crippen molar-refractivity contribution in [3.63, 3.8) is 0 Å². The summed E-state index contributed by atoms with van der Waals surface area (Å²) in [5, 5.41) is 0. The molecule has 0 saturated carbocycles. The van der Waals surface area contributed by atoms with Crippen molar-refractivity contribution in [3.8, 4) is 0 Å². The maximum absolute atomic E-state index is 2.77. The molecular weight excluding hydrogens is 270 g/mol. The van der Waals surface area contributed by atoms with Crippen molar-refractivity contribution in [3.05, 3.63) is 35.9 Å². The summed E-state index contributed by atoms with van der Waals surface area (Å²) in [5.41, 5.74) is 1.47. The third-order valence-corrected chi connectivity index (χ3v) is 5.81. The highest BCUT2D eigenvalue weighted by molar-refractivity contribution is 5.15. The quantitative estimate of drug-likeness (QED) is 0.799. The topological polar surface area (TPSA) is 9.72 Å². The van der Waals surface area contributed by atoms with Crippen LogP contribution in [0.5, 0.6) is 0 Å². The summed E-state index contributed by atoms with van der Waals surface area (Å²) in [6.07, 6.45) is 5.60. The van der Waals surface area contributed by atoms with Crippen LogP contribution in [-0.2, 0) is 6.54 Å². The highest BCUT2D eigenvalue weighted by Gasteiger charge is 2.42. The maximum atomic E-state index is 2.77. The largest absolute Gasteiger partial charge is 0.303 e. The van der Waals surface area contributed by atoms with E-state index in [-0.39, 0.29) is 0 Å². The summed E-state index contributed by atoms with van der Waals surface area (Å²) in [6.45, 7) is 9.05. The molecule has 3 aliphatic rings. The van der Waals surface area contributed by atoms with Gasteiger partial charge in [0.2, 0.25) is 0 Å². The molecule has 1 aromatic rings. The number of likely N-dealkylation sites (tertiary alicyclic amines) is 3. The lowest BCUT2D eigenvalue weighted by molar-refractivity contribution is 0.119. The summed E-state index contributed by atoms with van der Waals surface area (Å²) < 4.78 is 0. The second-order valence-electron chi connectivity index (χ2n) is 7.36. The van der Waals surface area contributed by atoms with E-state index in [1.54, 1.807) is 0 Å². The molecule has 22 heavy (non-hydrogen) atoms. The molecule has 0 unspecified atom stereocenters. The molecule has 3 nitrogen and oxygen atoms in total. The summed E-state index contributed by atoms with van der Waals surface area (Å²) in [6, 6.07) is 12.6. The summed E-state index contributed by atoms with van der Waals surface area (Å²) in [4.78, 5) is 8.12. The Morgan fingerprint density at radius 1 is 0.864 bits per heavy atom. The number of piperazine rings is 1. The van der Waals surface area contributed by atoms with Gasteiger partial charge in [-0.2, -0.15) is 0 Å². The third kappa shape index (κ3) is 3.22. The van der Waals surface area contributed by atoms with Gasteiger partial charge in [0.25, 0.3) is 0 Å². The Kier molecular flexibility index (Phi) is 4.47. The van der Waals surface area contributed by atoms with Crippen molar-refractivity contribution in [1.82, 2.24) is 14.7 Å². The molecular formula is C19H29N3. The van der Waals surface area contributed by atoms with E-state index in [9.17, 15) is 0 Å². The Morgan fingerprint density at radius 2 is 1.59 bits per heavy atom. The molecule has 3 saturated heterocycles. The van der Waals surface area contributed by atoms with Crippen LogP contribution in [0.4, 0.5) is 0 Å². The van der Waals surface area contributed by atoms with Gasteiger partial charge in [0, 0.05) is 31.7 Å². The zero-order valence-electron chi connectivity index (χ0n) is 13.7. The zero-order chi connectivity index (χ0) is 14.8. The average molecular weight is 299 g/mol. The van der Waals surface area contributed by atoms with E-state index < -0.39 is 0 Å². The van der Waals surface area contributed by atoms with Gasteiger partial charge in [0.15, 0.2) is 0 Å². The number of nitrogens with zero attached hydrogens (tertiary/aromatic N) is 3. The van der Waals surface area contributed by atoms with E-state index in [4.69, 9.17) is 0 Å². The van der Waals surface area contributed by atoms with Crippen molar-refractivity contribution in [1.29, 1.82) is 0 Å². The monoisotopic (exact) mass is 299 g/mol. The van der Waals surface area contributed by atoms with Crippen LogP contribution in [0.15, 0.2) is 30.3 Å². The summed E-state index contributed by atoms with van der Waals surface area (Å²) in [7, 11) is 0. The van der Waals surface area contributed by atoms with Gasteiger partial charge in [0.1, 0.15) is 0 Å². The SMILES string of the molecule is c1ccc(CN2C[C@@H]3C[C@H]2CN3CCCN2CCCC2)cc1. The van der Waals surface area contributed by atoms with E-state index in [1.807, 2.05) is 0 Å². The van der Waals surface area contributed by atoms with Gasteiger partial charge < -0.3 is 4.90 Å². The van der Waals surface area contributed by atoms with Gasteiger partial charge in [-0.05, 0) is 57.4 Å². The molecule has 3 aliphatic heterocycles. The predicted octanol–water partition coefficient (Wildman–Crippen LogP) is 2.43. The minimum Gasteiger partial charge on any atom is -0.303 e.